The lowest BCUT2D eigenvalue weighted by Crippen LogP contribution is -2.81. The van der Waals surface area contributed by atoms with Gasteiger partial charge in [0.15, 0.2) is 0 Å². The number of carbonyl (C=O) groups is 1. The normalized spacial score (nSPS) is 40.2. The minimum atomic E-state index is -1.13. The second kappa shape index (κ2) is 6.89. The topological polar surface area (TPSA) is 61.8 Å². The molecule has 5 heteroatoms. The Morgan fingerprint density at radius 2 is 1.94 bits per heavy atom. The number of aliphatic hydroxyl groups is 1. The van der Waals surface area contributed by atoms with E-state index in [1.165, 1.54) is 30.5 Å². The molecule has 4 bridgehead atoms. The predicted molar refractivity (Wildman–Crippen MR) is 132 cm³/mol. The van der Waals surface area contributed by atoms with E-state index in [-0.39, 0.29) is 22.8 Å². The number of hydrogen-bond donors (Lipinski definition) is 2. The zero-order chi connectivity index (χ0) is 23.4. The number of hydrogen-bond acceptors (Lipinski definition) is 4. The van der Waals surface area contributed by atoms with E-state index in [9.17, 15) is 9.90 Å². The average molecular weight is 471 g/mol. The van der Waals surface area contributed by atoms with Crippen LogP contribution in [0, 0.1) is 17.3 Å². The second-order valence-corrected chi connectivity index (χ2v) is 12.3. The molecule has 7 aliphatic rings. The van der Waals surface area contributed by atoms with Gasteiger partial charge in [0.05, 0.1) is 5.92 Å². The Balaban J connectivity index is 1.21. The molecule has 9 rings (SSSR count). The summed E-state index contributed by atoms with van der Waals surface area (Å²) in [5.41, 5.74) is 2.59. The number of nitrogens with zero attached hydrogens (tertiary/aromatic N) is 1. The molecule has 6 atom stereocenters. The van der Waals surface area contributed by atoms with Gasteiger partial charge in [-0.1, -0.05) is 42.5 Å². The van der Waals surface area contributed by atoms with Crippen LogP contribution in [0.4, 0.5) is 0 Å². The standard InChI is InChI=1S/C30H34N2O3/c33-26(31-17-19-5-2-1-3-6-19)22-16-28-11-12-30(22,34)27-29(28)13-14-32(18-20-9-10-20)24(28)15-21-7-4-8-23(35-27)25(21)29/h1-8,20,22,24,27,34H,9-18H2,(H,31,33)/t22-,24-,27?,28?,29+,30-/m1/s1. The second-order valence-electron chi connectivity index (χ2n) is 12.3. The molecular formula is C30H34N2O3. The Bertz CT molecular complexity index is 1210. The molecule has 5 aliphatic carbocycles. The molecule has 5 nitrogen and oxygen atoms in total. The Hall–Kier alpha value is -2.37. The van der Waals surface area contributed by atoms with Crippen LogP contribution in [0.2, 0.25) is 0 Å². The fraction of sp³-hybridized carbons (Fsp3) is 0.567. The van der Waals surface area contributed by atoms with E-state index >= 15 is 0 Å². The summed E-state index contributed by atoms with van der Waals surface area (Å²) in [6, 6.07) is 17.0. The van der Waals surface area contributed by atoms with Gasteiger partial charge in [-0.2, -0.15) is 0 Å². The Morgan fingerprint density at radius 3 is 2.77 bits per heavy atom. The van der Waals surface area contributed by atoms with Crippen molar-refractivity contribution < 1.29 is 14.6 Å². The zero-order valence-electron chi connectivity index (χ0n) is 20.2. The SMILES string of the molecule is O=C(NCc1ccccc1)[C@H]1CC23CC[C@]1(O)C1Oc4cccc5c4[C@@]12CCN(CC1CC1)[C@@H]3C5. The highest BCUT2D eigenvalue weighted by atomic mass is 16.5. The third-order valence-electron chi connectivity index (χ3n) is 10.8. The first-order chi connectivity index (χ1) is 17.1. The van der Waals surface area contributed by atoms with Crippen molar-refractivity contribution in [1.82, 2.24) is 10.2 Å². The highest BCUT2D eigenvalue weighted by Crippen LogP contribution is 2.75. The first-order valence-electron chi connectivity index (χ1n) is 13.6. The van der Waals surface area contributed by atoms with Gasteiger partial charge in [-0.15, -0.1) is 0 Å². The van der Waals surface area contributed by atoms with Crippen molar-refractivity contribution in [2.24, 2.45) is 17.3 Å². The van der Waals surface area contributed by atoms with Gasteiger partial charge < -0.3 is 15.2 Å². The molecule has 2 N–H and O–H groups in total. The molecule has 2 aromatic rings. The van der Waals surface area contributed by atoms with E-state index in [0.29, 0.717) is 19.0 Å². The van der Waals surface area contributed by atoms with Gasteiger partial charge in [0, 0.05) is 35.5 Å². The minimum Gasteiger partial charge on any atom is -0.486 e. The summed E-state index contributed by atoms with van der Waals surface area (Å²) < 4.78 is 6.73. The van der Waals surface area contributed by atoms with E-state index in [1.54, 1.807) is 0 Å². The fourth-order valence-electron chi connectivity index (χ4n) is 9.25. The minimum absolute atomic E-state index is 0.0103. The third-order valence-corrected chi connectivity index (χ3v) is 10.8. The zero-order valence-corrected chi connectivity index (χ0v) is 20.2. The lowest BCUT2D eigenvalue weighted by molar-refractivity contribution is -0.264. The number of fused-ring (bicyclic) bond motifs is 2. The summed E-state index contributed by atoms with van der Waals surface area (Å²) in [6.45, 7) is 2.77. The Labute approximate surface area is 206 Å². The number of nitrogens with one attached hydrogen (secondary N) is 1. The molecule has 4 saturated carbocycles. The maximum atomic E-state index is 13.7. The van der Waals surface area contributed by atoms with E-state index in [2.05, 4.69) is 28.4 Å². The maximum Gasteiger partial charge on any atom is 0.226 e. The summed E-state index contributed by atoms with van der Waals surface area (Å²) in [5, 5.41) is 15.5. The lowest BCUT2D eigenvalue weighted by Gasteiger charge is -2.73. The van der Waals surface area contributed by atoms with E-state index in [1.807, 2.05) is 30.3 Å². The van der Waals surface area contributed by atoms with Gasteiger partial charge in [0.1, 0.15) is 17.5 Å². The van der Waals surface area contributed by atoms with E-state index in [4.69, 9.17) is 4.74 Å². The van der Waals surface area contributed by atoms with Crippen LogP contribution in [-0.4, -0.2) is 46.7 Å². The van der Waals surface area contributed by atoms with Crippen LogP contribution >= 0.6 is 0 Å². The summed E-state index contributed by atoms with van der Waals surface area (Å²) in [6.07, 6.45) is 6.88. The van der Waals surface area contributed by atoms with Crippen molar-refractivity contribution in [3.05, 3.63) is 65.2 Å². The van der Waals surface area contributed by atoms with Crippen molar-refractivity contribution in [2.45, 2.75) is 74.7 Å². The smallest absolute Gasteiger partial charge is 0.226 e. The van der Waals surface area contributed by atoms with Crippen LogP contribution in [-0.2, 0) is 23.2 Å². The molecule has 0 radical (unpaired) electrons. The van der Waals surface area contributed by atoms with Crippen LogP contribution in [0.1, 0.15) is 55.2 Å². The van der Waals surface area contributed by atoms with Crippen LogP contribution in [0.15, 0.2) is 48.5 Å². The van der Waals surface area contributed by atoms with Gasteiger partial charge >= 0.3 is 0 Å². The summed E-state index contributed by atoms with van der Waals surface area (Å²) >= 11 is 0. The molecule has 0 aromatic heterocycles. The lowest BCUT2D eigenvalue weighted by atomic mass is 9.35. The molecule has 2 unspecified atom stereocenters. The molecule has 182 valence electrons. The average Bonchev–Trinajstić information content (AvgIpc) is 3.62. The highest BCUT2D eigenvalue weighted by Gasteiger charge is 2.80. The number of likely N-dealkylation sites (tertiary alicyclic amines) is 1. The number of piperidine rings is 1. The molecule has 2 spiro atoms. The molecule has 1 amide bonds. The first-order valence-corrected chi connectivity index (χ1v) is 13.6. The molecular weight excluding hydrogens is 436 g/mol. The Kier molecular flexibility index (Phi) is 4.09. The van der Waals surface area contributed by atoms with Gasteiger partial charge in [-0.3, -0.25) is 9.69 Å². The number of carbonyl (C=O) groups excluding carboxylic acids is 1. The molecule has 2 heterocycles. The van der Waals surface area contributed by atoms with Crippen LogP contribution < -0.4 is 10.1 Å². The van der Waals surface area contributed by atoms with Crippen molar-refractivity contribution in [2.75, 3.05) is 13.1 Å². The van der Waals surface area contributed by atoms with Crippen molar-refractivity contribution in [3.63, 3.8) is 0 Å². The number of rotatable bonds is 5. The highest BCUT2D eigenvalue weighted by molar-refractivity contribution is 5.81. The Morgan fingerprint density at radius 1 is 1.09 bits per heavy atom. The first kappa shape index (κ1) is 20.8. The molecule has 5 fully saturated rings. The van der Waals surface area contributed by atoms with Gasteiger partial charge in [0.2, 0.25) is 5.91 Å². The molecule has 2 aliphatic heterocycles. The fourth-order valence-corrected chi connectivity index (χ4v) is 9.25. The van der Waals surface area contributed by atoms with Crippen LogP contribution in [0.5, 0.6) is 5.75 Å². The quantitative estimate of drug-likeness (QED) is 0.701. The third kappa shape index (κ3) is 2.54. The molecule has 1 saturated heterocycles. The molecule has 2 aromatic carbocycles. The predicted octanol–water partition coefficient (Wildman–Crippen LogP) is 3.57. The van der Waals surface area contributed by atoms with E-state index in [0.717, 1.165) is 49.5 Å². The van der Waals surface area contributed by atoms with Gasteiger partial charge in [0.25, 0.3) is 0 Å². The number of amides is 1. The summed E-state index contributed by atoms with van der Waals surface area (Å²) in [4.78, 5) is 16.5. The maximum absolute atomic E-state index is 13.7. The van der Waals surface area contributed by atoms with Crippen LogP contribution in [0.25, 0.3) is 0 Å². The van der Waals surface area contributed by atoms with E-state index < -0.39 is 11.5 Å². The monoisotopic (exact) mass is 470 g/mol. The van der Waals surface area contributed by atoms with Crippen LogP contribution in [0.3, 0.4) is 0 Å². The van der Waals surface area contributed by atoms with Gasteiger partial charge in [-0.25, -0.2) is 0 Å². The number of ether oxygens (including phenoxy) is 1. The van der Waals surface area contributed by atoms with Crippen molar-refractivity contribution >= 4 is 5.91 Å². The van der Waals surface area contributed by atoms with Gasteiger partial charge in [-0.05, 0) is 74.6 Å². The molecule has 35 heavy (non-hydrogen) atoms. The summed E-state index contributed by atoms with van der Waals surface area (Å²) in [7, 11) is 0. The summed E-state index contributed by atoms with van der Waals surface area (Å²) in [5.74, 6) is 1.37. The largest absolute Gasteiger partial charge is 0.486 e. The van der Waals surface area contributed by atoms with Crippen molar-refractivity contribution in [3.8, 4) is 5.75 Å². The van der Waals surface area contributed by atoms with Crippen molar-refractivity contribution in [1.29, 1.82) is 0 Å². The number of benzene rings is 2.